The lowest BCUT2D eigenvalue weighted by Crippen LogP contribution is -2.31. The van der Waals surface area contributed by atoms with Crippen LogP contribution in [0.1, 0.15) is 16.7 Å². The molecule has 0 fully saturated rings. The fraction of sp³-hybridized carbons (Fsp3) is 0.0625. The molecule has 1 unspecified atom stereocenters. The minimum atomic E-state index is -1.37. The van der Waals surface area contributed by atoms with Gasteiger partial charge in [-0.05, 0) is 52.4 Å². The molecule has 0 radical (unpaired) electrons. The summed E-state index contributed by atoms with van der Waals surface area (Å²) in [6.07, 6.45) is 8.72. The van der Waals surface area contributed by atoms with Gasteiger partial charge in [-0.1, -0.05) is 104 Å². The van der Waals surface area contributed by atoms with Crippen LogP contribution in [-0.4, -0.2) is 5.11 Å². The van der Waals surface area contributed by atoms with Crippen molar-refractivity contribution in [2.45, 2.75) is 12.0 Å². The van der Waals surface area contributed by atoms with E-state index >= 15 is 0 Å². The van der Waals surface area contributed by atoms with Crippen molar-refractivity contribution < 1.29 is 9.52 Å². The fourth-order valence-corrected chi connectivity index (χ4v) is 5.05. The summed E-state index contributed by atoms with van der Waals surface area (Å²) in [5.41, 5.74) is 5.73. The van der Waals surface area contributed by atoms with Gasteiger partial charge in [0.05, 0.1) is 0 Å². The summed E-state index contributed by atoms with van der Waals surface area (Å²) in [7, 11) is 0. The number of aliphatic hydroxyl groups is 1. The fourth-order valence-electron chi connectivity index (χ4n) is 5.05. The van der Waals surface area contributed by atoms with Crippen LogP contribution in [0.5, 0.6) is 0 Å². The molecule has 0 spiro atoms. The van der Waals surface area contributed by atoms with Gasteiger partial charge in [-0.25, -0.2) is 0 Å². The van der Waals surface area contributed by atoms with Crippen LogP contribution in [-0.2, 0) is 12.0 Å². The van der Waals surface area contributed by atoms with E-state index < -0.39 is 5.60 Å². The summed E-state index contributed by atoms with van der Waals surface area (Å²) in [6, 6.07) is 30.5. The highest BCUT2D eigenvalue weighted by molar-refractivity contribution is 6.06. The Labute approximate surface area is 198 Å². The summed E-state index contributed by atoms with van der Waals surface area (Å²) in [4.78, 5) is 0. The zero-order valence-corrected chi connectivity index (χ0v) is 18.7. The minimum Gasteiger partial charge on any atom is -0.456 e. The first-order valence-electron chi connectivity index (χ1n) is 11.5. The van der Waals surface area contributed by atoms with Crippen LogP contribution in [0.3, 0.4) is 0 Å². The molecule has 0 bridgehead atoms. The number of rotatable bonds is 2. The van der Waals surface area contributed by atoms with Gasteiger partial charge in [0.1, 0.15) is 16.8 Å². The largest absolute Gasteiger partial charge is 0.456 e. The molecule has 4 aromatic carbocycles. The Kier molecular flexibility index (Phi) is 4.83. The molecular formula is C32H24O2. The lowest BCUT2D eigenvalue weighted by molar-refractivity contribution is 0.125. The lowest BCUT2D eigenvalue weighted by Gasteiger charge is -2.33. The van der Waals surface area contributed by atoms with Crippen LogP contribution in [0.2, 0.25) is 0 Å². The highest BCUT2D eigenvalue weighted by Gasteiger charge is 2.37. The van der Waals surface area contributed by atoms with Crippen molar-refractivity contribution in [3.63, 3.8) is 0 Å². The molecule has 5 aromatic rings. The second-order valence-corrected chi connectivity index (χ2v) is 8.74. The van der Waals surface area contributed by atoms with Crippen LogP contribution >= 0.6 is 0 Å². The normalized spacial score (nSPS) is 19.9. The van der Waals surface area contributed by atoms with E-state index in [0.29, 0.717) is 5.57 Å². The molecule has 2 heteroatoms. The van der Waals surface area contributed by atoms with Gasteiger partial charge in [-0.2, -0.15) is 0 Å². The average Bonchev–Trinajstić information content (AvgIpc) is 3.27. The molecule has 1 N–H and O–H groups in total. The highest BCUT2D eigenvalue weighted by Crippen LogP contribution is 2.44. The predicted octanol–water partition coefficient (Wildman–Crippen LogP) is 7.71. The van der Waals surface area contributed by atoms with Crippen LogP contribution in [0.15, 0.2) is 132 Å². The second-order valence-electron chi connectivity index (χ2n) is 8.74. The highest BCUT2D eigenvalue weighted by atomic mass is 16.3. The molecule has 0 amide bonds. The third kappa shape index (κ3) is 3.15. The van der Waals surface area contributed by atoms with E-state index in [4.69, 9.17) is 4.42 Å². The maximum Gasteiger partial charge on any atom is 0.140 e. The first-order valence-corrected chi connectivity index (χ1v) is 11.5. The van der Waals surface area contributed by atoms with Gasteiger partial charge in [-0.3, -0.25) is 0 Å². The Hall–Kier alpha value is -4.14. The topological polar surface area (TPSA) is 33.4 Å². The Morgan fingerprint density at radius 1 is 0.735 bits per heavy atom. The van der Waals surface area contributed by atoms with E-state index in [2.05, 4.69) is 43.0 Å². The molecule has 1 aliphatic rings. The zero-order chi connectivity index (χ0) is 23.1. The molecule has 1 atom stereocenters. The van der Waals surface area contributed by atoms with Gasteiger partial charge in [0.25, 0.3) is 0 Å². The number of benzene rings is 4. The Balaban J connectivity index is 1.61. The van der Waals surface area contributed by atoms with Gasteiger partial charge in [-0.15, -0.1) is 0 Å². The van der Waals surface area contributed by atoms with Crippen LogP contribution in [0.4, 0.5) is 0 Å². The van der Waals surface area contributed by atoms with Crippen LogP contribution in [0.25, 0.3) is 33.1 Å². The molecule has 1 aromatic heterocycles. The molecular weight excluding hydrogens is 416 g/mol. The standard InChI is InChI=1S/C32H24O2/c1-22-11-3-2-4-12-23-13-5-8-16-28(23)32(22,33)29-17-9-6-14-25(29)24-19-20-31-27(21-24)26-15-7-10-18-30(26)34-31/h2-11,13-21,33H,1,12H2/b4-2-,11-3-. The minimum absolute atomic E-state index is 0.633. The maximum atomic E-state index is 12.5. The van der Waals surface area contributed by atoms with E-state index in [0.717, 1.165) is 56.2 Å². The predicted molar refractivity (Wildman–Crippen MR) is 140 cm³/mol. The third-order valence-electron chi connectivity index (χ3n) is 6.76. The second kappa shape index (κ2) is 8.02. The molecule has 1 aliphatic carbocycles. The zero-order valence-electron chi connectivity index (χ0n) is 18.7. The SMILES string of the molecule is C=C1/C=C\C=C/Cc2ccccc2C1(O)c1ccccc1-c1ccc2oc3ccccc3c2c1. The summed E-state index contributed by atoms with van der Waals surface area (Å²) < 4.78 is 6.04. The average molecular weight is 441 g/mol. The van der Waals surface area contributed by atoms with Gasteiger partial charge in [0.15, 0.2) is 0 Å². The summed E-state index contributed by atoms with van der Waals surface area (Å²) in [6.45, 7) is 4.32. The molecule has 0 aliphatic heterocycles. The quantitative estimate of drug-likeness (QED) is 0.305. The number of furan rings is 1. The van der Waals surface area contributed by atoms with Crippen LogP contribution in [0, 0.1) is 0 Å². The van der Waals surface area contributed by atoms with Crippen LogP contribution < -0.4 is 0 Å². The molecule has 34 heavy (non-hydrogen) atoms. The van der Waals surface area contributed by atoms with E-state index in [9.17, 15) is 5.11 Å². The van der Waals surface area contributed by atoms with Crippen molar-refractivity contribution in [3.05, 3.63) is 144 Å². The van der Waals surface area contributed by atoms with Gasteiger partial charge < -0.3 is 9.52 Å². The number of allylic oxidation sites excluding steroid dienone is 3. The number of hydrogen-bond donors (Lipinski definition) is 1. The number of hydrogen-bond acceptors (Lipinski definition) is 2. The third-order valence-corrected chi connectivity index (χ3v) is 6.76. The van der Waals surface area contributed by atoms with E-state index in [1.807, 2.05) is 78.9 Å². The first kappa shape index (κ1) is 20.5. The molecule has 0 saturated carbocycles. The Bertz CT molecular complexity index is 1620. The van der Waals surface area contributed by atoms with Gasteiger partial charge in [0, 0.05) is 16.3 Å². The summed E-state index contributed by atoms with van der Waals surface area (Å²) >= 11 is 0. The molecule has 0 saturated heterocycles. The van der Waals surface area contributed by atoms with Gasteiger partial charge in [0.2, 0.25) is 0 Å². The van der Waals surface area contributed by atoms with Crippen molar-refractivity contribution >= 4 is 21.9 Å². The monoisotopic (exact) mass is 440 g/mol. The van der Waals surface area contributed by atoms with Crippen molar-refractivity contribution in [2.24, 2.45) is 0 Å². The maximum absolute atomic E-state index is 12.5. The first-order chi connectivity index (χ1) is 16.7. The van der Waals surface area contributed by atoms with Crippen molar-refractivity contribution in [1.29, 1.82) is 0 Å². The molecule has 1 heterocycles. The lowest BCUT2D eigenvalue weighted by atomic mass is 9.75. The smallest absolute Gasteiger partial charge is 0.140 e. The van der Waals surface area contributed by atoms with Gasteiger partial charge >= 0.3 is 0 Å². The molecule has 2 nitrogen and oxygen atoms in total. The summed E-state index contributed by atoms with van der Waals surface area (Å²) in [5.74, 6) is 0. The number of fused-ring (bicyclic) bond motifs is 4. The van der Waals surface area contributed by atoms with E-state index in [1.54, 1.807) is 0 Å². The van der Waals surface area contributed by atoms with E-state index in [1.165, 1.54) is 0 Å². The van der Waals surface area contributed by atoms with Crippen molar-refractivity contribution in [1.82, 2.24) is 0 Å². The van der Waals surface area contributed by atoms with Crippen molar-refractivity contribution in [2.75, 3.05) is 0 Å². The van der Waals surface area contributed by atoms with Crippen molar-refractivity contribution in [3.8, 4) is 11.1 Å². The van der Waals surface area contributed by atoms with E-state index in [-0.39, 0.29) is 0 Å². The molecule has 6 rings (SSSR count). The Morgan fingerprint density at radius 2 is 1.47 bits per heavy atom. The number of para-hydroxylation sites is 1. The summed E-state index contributed by atoms with van der Waals surface area (Å²) in [5, 5.41) is 14.6. The Morgan fingerprint density at radius 3 is 2.38 bits per heavy atom. The molecule has 164 valence electrons.